The standard InChI is InChI=1S/C61H117N/c1-4-7-10-13-16-19-22-25-28-31-34-37-40-43-46-49-54-59-55-50-51-56-60(59)61(62,57-52-47-44-41-38-35-32-29-26-23-20-17-14-11-8-5-2)58-53-48-45-42-39-36-33-30-27-24-21-18-15-12-9-6-3/h50-51,55-56H,4-49,52-54,57-58,62H2,1-3H3. The van der Waals surface area contributed by atoms with Gasteiger partial charge in [0, 0.05) is 5.54 Å². The number of hydrogen-bond acceptors (Lipinski definition) is 1. The molecule has 0 radical (unpaired) electrons. The first-order chi connectivity index (χ1) is 30.7. The summed E-state index contributed by atoms with van der Waals surface area (Å²) >= 11 is 0. The van der Waals surface area contributed by atoms with E-state index >= 15 is 0 Å². The van der Waals surface area contributed by atoms with Crippen LogP contribution in [0, 0.1) is 0 Å². The second-order valence-electron chi connectivity index (χ2n) is 21.0. The van der Waals surface area contributed by atoms with E-state index in [1.54, 1.807) is 5.56 Å². The van der Waals surface area contributed by atoms with Gasteiger partial charge in [0.2, 0.25) is 0 Å². The summed E-state index contributed by atoms with van der Waals surface area (Å²) in [7, 11) is 0. The molecule has 366 valence electrons. The molecule has 1 aromatic rings. The first-order valence-electron chi connectivity index (χ1n) is 29.5. The Hall–Kier alpha value is -0.820. The molecule has 0 spiro atoms. The molecule has 0 bridgehead atoms. The summed E-state index contributed by atoms with van der Waals surface area (Å²) in [6.45, 7) is 6.95. The Morgan fingerprint density at radius 3 is 0.742 bits per heavy atom. The predicted molar refractivity (Wildman–Crippen MR) is 284 cm³/mol. The minimum atomic E-state index is -0.155. The first kappa shape index (κ1) is 59.2. The molecular weight excluding hydrogens is 747 g/mol. The van der Waals surface area contributed by atoms with Crippen molar-refractivity contribution in [3.63, 3.8) is 0 Å². The fraction of sp³-hybridized carbons (Fsp3) is 0.902. The van der Waals surface area contributed by atoms with E-state index in [4.69, 9.17) is 5.73 Å². The van der Waals surface area contributed by atoms with Crippen molar-refractivity contribution in [1.29, 1.82) is 0 Å². The molecule has 62 heavy (non-hydrogen) atoms. The molecule has 0 atom stereocenters. The number of aryl methyl sites for hydroxylation is 1. The molecule has 1 aromatic carbocycles. The summed E-state index contributed by atoms with van der Waals surface area (Å²) in [4.78, 5) is 0. The molecule has 0 heterocycles. The van der Waals surface area contributed by atoms with Gasteiger partial charge in [0.25, 0.3) is 0 Å². The fourth-order valence-corrected chi connectivity index (χ4v) is 10.5. The van der Waals surface area contributed by atoms with E-state index < -0.39 is 0 Å². The fourth-order valence-electron chi connectivity index (χ4n) is 10.5. The topological polar surface area (TPSA) is 26.0 Å². The number of nitrogens with two attached hydrogens (primary N) is 1. The largest absolute Gasteiger partial charge is 0.321 e. The number of unbranched alkanes of at least 4 members (excludes halogenated alkanes) is 45. The van der Waals surface area contributed by atoms with Crippen molar-refractivity contribution in [2.24, 2.45) is 5.73 Å². The van der Waals surface area contributed by atoms with Gasteiger partial charge < -0.3 is 5.73 Å². The second kappa shape index (κ2) is 48.1. The van der Waals surface area contributed by atoms with Crippen LogP contribution in [0.1, 0.15) is 353 Å². The van der Waals surface area contributed by atoms with Crippen molar-refractivity contribution in [2.75, 3.05) is 0 Å². The van der Waals surface area contributed by atoms with Crippen molar-refractivity contribution >= 4 is 0 Å². The number of benzene rings is 1. The molecule has 0 saturated heterocycles. The van der Waals surface area contributed by atoms with Gasteiger partial charge in [-0.2, -0.15) is 0 Å². The molecule has 2 N–H and O–H groups in total. The molecule has 1 nitrogen and oxygen atoms in total. The Labute approximate surface area is 393 Å². The van der Waals surface area contributed by atoms with Gasteiger partial charge in [-0.15, -0.1) is 0 Å². The van der Waals surface area contributed by atoms with Crippen molar-refractivity contribution in [3.05, 3.63) is 35.4 Å². The normalized spacial score (nSPS) is 11.9. The van der Waals surface area contributed by atoms with Gasteiger partial charge >= 0.3 is 0 Å². The van der Waals surface area contributed by atoms with E-state index in [9.17, 15) is 0 Å². The summed E-state index contributed by atoms with van der Waals surface area (Å²) in [5, 5.41) is 0. The highest BCUT2D eigenvalue weighted by Gasteiger charge is 2.28. The molecular formula is C61H117N. The van der Waals surface area contributed by atoms with Crippen LogP contribution < -0.4 is 5.73 Å². The van der Waals surface area contributed by atoms with E-state index in [1.807, 2.05) is 0 Å². The van der Waals surface area contributed by atoms with Gasteiger partial charge in [0.15, 0.2) is 0 Å². The lowest BCUT2D eigenvalue weighted by Crippen LogP contribution is -2.37. The molecule has 1 heteroatoms. The third kappa shape index (κ3) is 38.4. The zero-order chi connectivity index (χ0) is 44.5. The van der Waals surface area contributed by atoms with Gasteiger partial charge in [0.05, 0.1) is 0 Å². The Bertz CT molecular complexity index is 945. The van der Waals surface area contributed by atoms with Crippen LogP contribution in [0.25, 0.3) is 0 Å². The summed E-state index contributed by atoms with van der Waals surface area (Å²) in [6, 6.07) is 9.44. The Morgan fingerprint density at radius 1 is 0.274 bits per heavy atom. The third-order valence-corrected chi connectivity index (χ3v) is 14.8. The van der Waals surface area contributed by atoms with E-state index in [1.165, 1.54) is 333 Å². The zero-order valence-electron chi connectivity index (χ0n) is 43.4. The lowest BCUT2D eigenvalue weighted by molar-refractivity contribution is 0.340. The summed E-state index contributed by atoms with van der Waals surface area (Å²) < 4.78 is 0. The molecule has 0 aliphatic rings. The van der Waals surface area contributed by atoms with Crippen molar-refractivity contribution in [2.45, 2.75) is 354 Å². The SMILES string of the molecule is CCCCCCCCCCCCCCCCCCc1ccccc1C(N)(CCCCCCCCCCCCCCCCCC)CCCCCCCCCCCCCCCCCC. The van der Waals surface area contributed by atoms with Crippen LogP contribution >= 0.6 is 0 Å². The third-order valence-electron chi connectivity index (χ3n) is 14.8. The zero-order valence-corrected chi connectivity index (χ0v) is 43.4. The maximum atomic E-state index is 7.60. The molecule has 0 aliphatic carbocycles. The summed E-state index contributed by atoms with van der Waals surface area (Å²) in [5.74, 6) is 0. The maximum Gasteiger partial charge on any atom is 0.0412 e. The summed E-state index contributed by atoms with van der Waals surface area (Å²) in [5.41, 5.74) is 10.5. The smallest absolute Gasteiger partial charge is 0.0412 e. The van der Waals surface area contributed by atoms with Crippen LogP contribution in [0.15, 0.2) is 24.3 Å². The van der Waals surface area contributed by atoms with Gasteiger partial charge in [-0.3, -0.25) is 0 Å². The average Bonchev–Trinajstić information content (AvgIpc) is 3.28. The van der Waals surface area contributed by atoms with E-state index in [2.05, 4.69) is 45.0 Å². The highest BCUT2D eigenvalue weighted by atomic mass is 14.7. The predicted octanol–water partition coefficient (Wildman–Crippen LogP) is 21.9. The molecule has 0 amide bonds. The monoisotopic (exact) mass is 864 g/mol. The van der Waals surface area contributed by atoms with Gasteiger partial charge in [0.1, 0.15) is 0 Å². The average molecular weight is 865 g/mol. The molecule has 0 fully saturated rings. The molecule has 0 aromatic heterocycles. The number of rotatable bonds is 52. The van der Waals surface area contributed by atoms with Crippen molar-refractivity contribution in [1.82, 2.24) is 0 Å². The second-order valence-corrected chi connectivity index (χ2v) is 21.0. The highest BCUT2D eigenvalue weighted by Crippen LogP contribution is 2.34. The lowest BCUT2D eigenvalue weighted by atomic mass is 9.78. The lowest BCUT2D eigenvalue weighted by Gasteiger charge is -2.33. The number of hydrogen-bond donors (Lipinski definition) is 1. The van der Waals surface area contributed by atoms with Crippen LogP contribution in [0.4, 0.5) is 0 Å². The molecule has 0 aliphatic heterocycles. The van der Waals surface area contributed by atoms with Crippen molar-refractivity contribution in [3.8, 4) is 0 Å². The molecule has 0 saturated carbocycles. The van der Waals surface area contributed by atoms with Crippen LogP contribution in [-0.4, -0.2) is 0 Å². The van der Waals surface area contributed by atoms with Crippen LogP contribution in [0.2, 0.25) is 0 Å². The van der Waals surface area contributed by atoms with Crippen LogP contribution in [0.5, 0.6) is 0 Å². The Balaban J connectivity index is 2.40. The van der Waals surface area contributed by atoms with E-state index in [0.717, 1.165) is 0 Å². The Morgan fingerprint density at radius 2 is 0.484 bits per heavy atom. The van der Waals surface area contributed by atoms with Gasteiger partial charge in [-0.25, -0.2) is 0 Å². The minimum Gasteiger partial charge on any atom is -0.321 e. The van der Waals surface area contributed by atoms with Gasteiger partial charge in [-0.1, -0.05) is 347 Å². The quantitative estimate of drug-likeness (QED) is 0.0649. The Kier molecular flexibility index (Phi) is 45.9. The van der Waals surface area contributed by atoms with Crippen LogP contribution in [-0.2, 0) is 12.0 Å². The van der Waals surface area contributed by atoms with Crippen LogP contribution in [0.3, 0.4) is 0 Å². The molecule has 0 unspecified atom stereocenters. The highest BCUT2D eigenvalue weighted by molar-refractivity contribution is 5.34. The van der Waals surface area contributed by atoms with Gasteiger partial charge in [-0.05, 0) is 36.8 Å². The summed E-state index contributed by atoms with van der Waals surface area (Å²) in [6.07, 6.45) is 72.2. The first-order valence-corrected chi connectivity index (χ1v) is 29.5. The van der Waals surface area contributed by atoms with E-state index in [0.29, 0.717) is 0 Å². The van der Waals surface area contributed by atoms with Crippen molar-refractivity contribution < 1.29 is 0 Å². The van der Waals surface area contributed by atoms with E-state index in [-0.39, 0.29) is 5.54 Å². The minimum absolute atomic E-state index is 0.155. The maximum absolute atomic E-state index is 7.60. The molecule has 1 rings (SSSR count).